The van der Waals surface area contributed by atoms with Crippen LogP contribution in [0.3, 0.4) is 0 Å². The third kappa shape index (κ3) is 14.6. The van der Waals surface area contributed by atoms with Crippen LogP contribution in [-0.4, -0.2) is 351 Å². The molecule has 0 aromatic carbocycles. The summed E-state index contributed by atoms with van der Waals surface area (Å²) in [6, 6.07) is 0. The Hall–Kier alpha value is -2.11. The molecule has 0 radical (unpaired) electrons. The van der Waals surface area contributed by atoms with Gasteiger partial charge in [-0.25, -0.2) is 0 Å². The third-order valence-electron chi connectivity index (χ3n) is 26.0. The lowest BCUT2D eigenvalue weighted by atomic mass is 9.34. The Labute approximate surface area is 594 Å². The first-order valence-electron chi connectivity index (χ1n) is 36.1. The Morgan fingerprint density at radius 2 is 1.03 bits per heavy atom. The van der Waals surface area contributed by atoms with Gasteiger partial charge in [-0.15, -0.1) is 0 Å². The monoisotopic (exact) mass is 1490 g/mol. The molecule has 592 valence electrons. The van der Waals surface area contributed by atoms with E-state index in [2.05, 4.69) is 54.5 Å². The average Bonchev–Trinajstić information content (AvgIpc) is 0.679. The standard InChI is InChI=1S/C68H110O35/c1-64(2)16-25-24(26(17-64)55(88)102-61-48(84)43(79)40(76)32(97-61)22-92-57-47(83)42(78)39(75)30(18-69)94-57)10-14-67(6)27(25)8-9-35-66(5)13-12-36(65(3,4)34(66)11-15-68(35,67)7)98-63-54(38(74)29(72)21-91-63)101-62-51(87)53(50(86)56(89)103-62)100-59-46(82)41(77)33(23-93-59)96-60-49(85)44(80)52(31(19-70)95-60)99-58-45(81)37(73)28(71)20-90-58/h8,24-26,28-54,56-63,69-87,89H,9-23H2,1-7H3. The fourth-order valence-electron chi connectivity index (χ4n) is 20.0. The molecule has 12 aliphatic rings. The Morgan fingerprint density at radius 1 is 0.466 bits per heavy atom. The minimum atomic E-state index is -2.15. The Balaban J connectivity index is 0.675. The van der Waals surface area contributed by atoms with E-state index in [-0.39, 0.29) is 51.9 Å². The molecule has 0 spiro atoms. The number of allylic oxidation sites excluding steroid dienone is 2. The Bertz CT molecular complexity index is 2900. The van der Waals surface area contributed by atoms with E-state index in [1.54, 1.807) is 0 Å². The maximum atomic E-state index is 14.7. The maximum Gasteiger partial charge on any atom is 0.311 e. The fourth-order valence-corrected chi connectivity index (χ4v) is 20.0. The molecule has 7 heterocycles. The molecule has 7 aliphatic heterocycles. The van der Waals surface area contributed by atoms with E-state index < -0.39 is 253 Å². The van der Waals surface area contributed by atoms with Gasteiger partial charge in [0.15, 0.2) is 44.0 Å². The van der Waals surface area contributed by atoms with Crippen molar-refractivity contribution < 1.29 is 173 Å². The highest BCUT2D eigenvalue weighted by atomic mass is 16.8. The summed E-state index contributed by atoms with van der Waals surface area (Å²) < 4.78 is 81.3. The molecule has 41 atom stereocenters. The van der Waals surface area contributed by atoms with Crippen LogP contribution < -0.4 is 0 Å². The molecule has 35 heteroatoms. The number of rotatable bonds is 17. The van der Waals surface area contributed by atoms with Gasteiger partial charge in [0, 0.05) is 0 Å². The van der Waals surface area contributed by atoms with Crippen molar-refractivity contribution >= 4 is 5.97 Å². The SMILES string of the molecule is CC1(C)CC(C(=O)OC2OC(COC3OC(CO)C(O)C(O)C3O)C(O)C(O)C2O)C2CCC3(C)C(=CCC4C5(C)CCC(OC6OCC(O)C(O)C6OC6OC(O)C(O)C(OC7OCC(OC8OC(CO)C(OC9OCC(O)C(O)C9O)C(O)C8O)C(O)C7O)C6O)C(C)(C)C5CCC43C)C2C1. The van der Waals surface area contributed by atoms with Crippen LogP contribution in [0.15, 0.2) is 11.6 Å². The van der Waals surface area contributed by atoms with E-state index in [4.69, 9.17) is 66.3 Å². The fraction of sp³-hybridized carbons (Fsp3) is 0.956. The van der Waals surface area contributed by atoms with Crippen molar-refractivity contribution in [3.63, 3.8) is 0 Å². The van der Waals surface area contributed by atoms with Gasteiger partial charge in [-0.2, -0.15) is 0 Å². The summed E-state index contributed by atoms with van der Waals surface area (Å²) in [6.07, 6.45) is -47.7. The van der Waals surface area contributed by atoms with E-state index in [1.165, 1.54) is 5.57 Å². The van der Waals surface area contributed by atoms with E-state index in [1.807, 2.05) is 0 Å². The molecule has 11 fully saturated rings. The number of hydrogen-bond acceptors (Lipinski definition) is 35. The molecule has 4 saturated carbocycles. The van der Waals surface area contributed by atoms with Gasteiger partial charge in [-0.05, 0) is 109 Å². The first-order chi connectivity index (χ1) is 48.4. The average molecular weight is 1490 g/mol. The van der Waals surface area contributed by atoms with Crippen LogP contribution in [0.25, 0.3) is 0 Å². The molecule has 41 unspecified atom stereocenters. The van der Waals surface area contributed by atoms with Gasteiger partial charge in [-0.1, -0.05) is 60.1 Å². The van der Waals surface area contributed by atoms with Crippen molar-refractivity contribution in [1.82, 2.24) is 0 Å². The molecule has 20 N–H and O–H groups in total. The molecular formula is C68H110O35. The smallest absolute Gasteiger partial charge is 0.311 e. The van der Waals surface area contributed by atoms with E-state index in [0.29, 0.717) is 19.3 Å². The Morgan fingerprint density at radius 3 is 1.71 bits per heavy atom. The lowest BCUT2D eigenvalue weighted by Gasteiger charge is -2.71. The van der Waals surface area contributed by atoms with E-state index >= 15 is 0 Å². The van der Waals surface area contributed by atoms with Crippen molar-refractivity contribution in [1.29, 1.82) is 0 Å². The van der Waals surface area contributed by atoms with Gasteiger partial charge >= 0.3 is 5.97 Å². The molecule has 5 aliphatic carbocycles. The zero-order chi connectivity index (χ0) is 74.8. The summed E-state index contributed by atoms with van der Waals surface area (Å²) in [5, 5.41) is 216. The molecule has 103 heavy (non-hydrogen) atoms. The first kappa shape index (κ1) is 80.4. The van der Waals surface area contributed by atoms with Crippen molar-refractivity contribution in [2.24, 2.45) is 56.7 Å². The third-order valence-corrected chi connectivity index (χ3v) is 26.0. The highest BCUT2D eigenvalue weighted by molar-refractivity contribution is 5.73. The van der Waals surface area contributed by atoms with Crippen molar-refractivity contribution in [3.8, 4) is 0 Å². The number of esters is 1. The lowest BCUT2D eigenvalue weighted by Crippen LogP contribution is -2.66. The lowest BCUT2D eigenvalue weighted by molar-refractivity contribution is -0.401. The number of carbonyl (C=O) groups is 1. The minimum Gasteiger partial charge on any atom is -0.432 e. The summed E-state index contributed by atoms with van der Waals surface area (Å²) in [5.41, 5.74) is -0.349. The highest BCUT2D eigenvalue weighted by Gasteiger charge is 2.69. The number of fused-ring (bicyclic) bond motifs is 7. The Kier molecular flexibility index (Phi) is 24.1. The second-order valence-corrected chi connectivity index (χ2v) is 33.0. The van der Waals surface area contributed by atoms with Crippen LogP contribution in [0.4, 0.5) is 0 Å². The van der Waals surface area contributed by atoms with Gasteiger partial charge in [0.1, 0.15) is 146 Å². The van der Waals surface area contributed by atoms with Crippen LogP contribution in [0.5, 0.6) is 0 Å². The first-order valence-corrected chi connectivity index (χ1v) is 36.1. The van der Waals surface area contributed by atoms with Gasteiger partial charge in [0.05, 0.1) is 51.7 Å². The maximum absolute atomic E-state index is 14.7. The second kappa shape index (κ2) is 30.9. The molecule has 12 rings (SSSR count). The number of carbonyl (C=O) groups excluding carboxylic acids is 1. The number of ether oxygens (including phenoxy) is 14. The molecule has 0 bridgehead atoms. The van der Waals surface area contributed by atoms with Crippen LogP contribution >= 0.6 is 0 Å². The minimum absolute atomic E-state index is 0.0145. The summed E-state index contributed by atoms with van der Waals surface area (Å²) in [5.74, 6) is -1.17. The van der Waals surface area contributed by atoms with Crippen LogP contribution in [0.2, 0.25) is 0 Å². The van der Waals surface area contributed by atoms with Crippen molar-refractivity contribution in [3.05, 3.63) is 11.6 Å². The molecule has 0 aromatic heterocycles. The predicted octanol–water partition coefficient (Wildman–Crippen LogP) is -6.83. The summed E-state index contributed by atoms with van der Waals surface area (Å²) >= 11 is 0. The zero-order valence-electron chi connectivity index (χ0n) is 58.7. The van der Waals surface area contributed by atoms with Gasteiger partial charge in [0.25, 0.3) is 0 Å². The molecular weight excluding hydrogens is 1380 g/mol. The van der Waals surface area contributed by atoms with Gasteiger partial charge in [0.2, 0.25) is 6.29 Å². The summed E-state index contributed by atoms with van der Waals surface area (Å²) in [7, 11) is 0. The molecule has 35 nitrogen and oxygen atoms in total. The number of aliphatic hydroxyl groups is 20. The normalized spacial score (nSPS) is 54.3. The summed E-state index contributed by atoms with van der Waals surface area (Å²) in [4.78, 5) is 14.7. The van der Waals surface area contributed by atoms with Gasteiger partial charge < -0.3 is 168 Å². The topological polar surface area (TPSA) is 551 Å². The largest absolute Gasteiger partial charge is 0.432 e. The second-order valence-electron chi connectivity index (χ2n) is 33.0. The molecule has 7 saturated heterocycles. The summed E-state index contributed by atoms with van der Waals surface area (Å²) in [6.45, 7) is 12.0. The number of hydrogen-bond donors (Lipinski definition) is 20. The van der Waals surface area contributed by atoms with Crippen molar-refractivity contribution in [2.75, 3.05) is 39.6 Å². The quantitative estimate of drug-likeness (QED) is 0.0366. The van der Waals surface area contributed by atoms with Crippen LogP contribution in [0, 0.1) is 56.7 Å². The van der Waals surface area contributed by atoms with Crippen LogP contribution in [0.1, 0.15) is 106 Å². The molecule has 0 amide bonds. The molecule has 0 aromatic rings. The highest BCUT2D eigenvalue weighted by Crippen LogP contribution is 2.75. The predicted molar refractivity (Wildman–Crippen MR) is 338 cm³/mol. The van der Waals surface area contributed by atoms with E-state index in [0.717, 1.165) is 38.5 Å². The van der Waals surface area contributed by atoms with E-state index in [9.17, 15) is 107 Å². The number of aliphatic hydroxyl groups excluding tert-OH is 20. The van der Waals surface area contributed by atoms with Gasteiger partial charge in [-0.3, -0.25) is 4.79 Å². The van der Waals surface area contributed by atoms with Crippen LogP contribution in [-0.2, 0) is 71.1 Å². The van der Waals surface area contributed by atoms with Crippen molar-refractivity contribution in [2.45, 2.75) is 309 Å². The zero-order valence-corrected chi connectivity index (χ0v) is 58.7.